The first kappa shape index (κ1) is 20.6. The van der Waals surface area contributed by atoms with Gasteiger partial charge in [0.2, 0.25) is 0 Å². The molecule has 0 fully saturated rings. The summed E-state index contributed by atoms with van der Waals surface area (Å²) < 4.78 is 13.4. The van der Waals surface area contributed by atoms with Gasteiger partial charge in [0, 0.05) is 24.4 Å². The molecule has 5 heteroatoms. The van der Waals surface area contributed by atoms with Crippen LogP contribution in [0.4, 0.5) is 5.69 Å². The summed E-state index contributed by atoms with van der Waals surface area (Å²) in [5, 5.41) is 3.03. The summed E-state index contributed by atoms with van der Waals surface area (Å²) in [6, 6.07) is 29.4. The van der Waals surface area contributed by atoms with Crippen molar-refractivity contribution in [2.24, 2.45) is 0 Å². The van der Waals surface area contributed by atoms with Crippen molar-refractivity contribution in [1.82, 2.24) is 4.57 Å². The summed E-state index contributed by atoms with van der Waals surface area (Å²) in [6.07, 6.45) is 1.65. The van der Waals surface area contributed by atoms with Gasteiger partial charge in [-0.05, 0) is 42.3 Å². The van der Waals surface area contributed by atoms with Crippen molar-refractivity contribution >= 4 is 22.7 Å². The quantitative estimate of drug-likeness (QED) is 0.320. The maximum Gasteiger partial charge on any atom is 0.272 e. The third-order valence-electron chi connectivity index (χ3n) is 5.55. The minimum atomic E-state index is -0.186. The SMILES string of the molecule is Cc1ccc(Cn2c(C(=O)Nc3cccc(COc4ccccc4)c3)cc3occc32)cc1. The minimum Gasteiger partial charge on any atom is -0.489 e. The number of benzene rings is 3. The lowest BCUT2D eigenvalue weighted by molar-refractivity contribution is 0.101. The molecule has 33 heavy (non-hydrogen) atoms. The molecule has 0 aliphatic carbocycles. The zero-order chi connectivity index (χ0) is 22.6. The number of furan rings is 1. The van der Waals surface area contributed by atoms with Crippen LogP contribution in [-0.2, 0) is 13.2 Å². The van der Waals surface area contributed by atoms with Crippen LogP contribution in [0.15, 0.2) is 102 Å². The molecule has 5 aromatic rings. The number of aromatic nitrogens is 1. The molecule has 5 rings (SSSR count). The first-order valence-electron chi connectivity index (χ1n) is 10.9. The van der Waals surface area contributed by atoms with Gasteiger partial charge in [0.25, 0.3) is 5.91 Å². The van der Waals surface area contributed by atoms with Gasteiger partial charge in [0.05, 0.1) is 11.8 Å². The fraction of sp³-hybridized carbons (Fsp3) is 0.107. The van der Waals surface area contributed by atoms with Crippen LogP contribution in [0.2, 0.25) is 0 Å². The highest BCUT2D eigenvalue weighted by Crippen LogP contribution is 2.24. The number of anilines is 1. The first-order chi connectivity index (χ1) is 16.2. The molecule has 0 atom stereocenters. The minimum absolute atomic E-state index is 0.186. The van der Waals surface area contributed by atoms with Crippen LogP contribution in [-0.4, -0.2) is 10.5 Å². The largest absolute Gasteiger partial charge is 0.489 e. The van der Waals surface area contributed by atoms with Gasteiger partial charge in [-0.1, -0.05) is 60.2 Å². The average molecular weight is 437 g/mol. The van der Waals surface area contributed by atoms with Crippen molar-refractivity contribution in [3.8, 4) is 5.75 Å². The number of nitrogens with zero attached hydrogens (tertiary/aromatic N) is 1. The third kappa shape index (κ3) is 4.67. The zero-order valence-corrected chi connectivity index (χ0v) is 18.3. The molecular weight excluding hydrogens is 412 g/mol. The standard InChI is InChI=1S/C28H24N2O3/c1-20-10-12-21(13-11-20)18-30-25-14-15-32-27(25)17-26(30)28(31)29-23-7-5-6-22(16-23)19-33-24-8-3-2-4-9-24/h2-17H,18-19H2,1H3,(H,29,31). The number of carbonyl (C=O) groups excluding carboxylic acids is 1. The van der Waals surface area contributed by atoms with Gasteiger partial charge in [0.1, 0.15) is 18.1 Å². The Bertz CT molecular complexity index is 1380. The number of ether oxygens (including phenoxy) is 1. The second-order valence-corrected chi connectivity index (χ2v) is 8.03. The molecule has 5 nitrogen and oxygen atoms in total. The first-order valence-corrected chi connectivity index (χ1v) is 10.9. The number of nitrogens with one attached hydrogen (secondary N) is 1. The number of para-hydroxylation sites is 1. The molecule has 0 radical (unpaired) electrons. The van der Waals surface area contributed by atoms with E-state index in [2.05, 4.69) is 36.5 Å². The predicted molar refractivity (Wildman–Crippen MR) is 130 cm³/mol. The Kier molecular flexibility index (Phi) is 5.68. The van der Waals surface area contributed by atoms with Gasteiger partial charge in [-0.3, -0.25) is 4.79 Å². The van der Waals surface area contributed by atoms with E-state index in [0.29, 0.717) is 30.1 Å². The molecule has 0 bridgehead atoms. The average Bonchev–Trinajstić information content (AvgIpc) is 3.43. The molecule has 0 saturated heterocycles. The summed E-state index contributed by atoms with van der Waals surface area (Å²) in [6.45, 7) is 3.06. The smallest absolute Gasteiger partial charge is 0.272 e. The molecule has 1 amide bonds. The molecule has 0 aliphatic rings. The molecular formula is C28H24N2O3. The van der Waals surface area contributed by atoms with Gasteiger partial charge in [-0.2, -0.15) is 0 Å². The van der Waals surface area contributed by atoms with E-state index < -0.39 is 0 Å². The van der Waals surface area contributed by atoms with E-state index in [-0.39, 0.29) is 5.91 Å². The van der Waals surface area contributed by atoms with E-state index in [1.54, 1.807) is 12.3 Å². The van der Waals surface area contributed by atoms with E-state index in [1.165, 1.54) is 5.56 Å². The maximum atomic E-state index is 13.2. The highest BCUT2D eigenvalue weighted by atomic mass is 16.5. The molecule has 0 saturated carbocycles. The monoisotopic (exact) mass is 436 g/mol. The lowest BCUT2D eigenvalue weighted by atomic mass is 10.1. The lowest BCUT2D eigenvalue weighted by Crippen LogP contribution is -2.17. The number of aryl methyl sites for hydroxylation is 1. The van der Waals surface area contributed by atoms with Crippen molar-refractivity contribution in [3.63, 3.8) is 0 Å². The van der Waals surface area contributed by atoms with E-state index in [0.717, 1.165) is 22.4 Å². The molecule has 164 valence electrons. The highest BCUT2D eigenvalue weighted by Gasteiger charge is 2.18. The molecule has 0 spiro atoms. The maximum absolute atomic E-state index is 13.2. The van der Waals surface area contributed by atoms with Gasteiger partial charge in [0.15, 0.2) is 5.58 Å². The van der Waals surface area contributed by atoms with Gasteiger partial charge >= 0.3 is 0 Å². The van der Waals surface area contributed by atoms with Crippen LogP contribution >= 0.6 is 0 Å². The van der Waals surface area contributed by atoms with Gasteiger partial charge in [-0.25, -0.2) is 0 Å². The van der Waals surface area contributed by atoms with Crippen molar-refractivity contribution in [2.45, 2.75) is 20.1 Å². The van der Waals surface area contributed by atoms with Crippen LogP contribution in [0.1, 0.15) is 27.2 Å². The molecule has 0 aliphatic heterocycles. The van der Waals surface area contributed by atoms with Crippen molar-refractivity contribution in [3.05, 3.63) is 120 Å². The molecule has 0 unspecified atom stereocenters. The number of amides is 1. The normalized spacial score (nSPS) is 10.9. The fourth-order valence-corrected chi connectivity index (χ4v) is 3.83. The fourth-order valence-electron chi connectivity index (χ4n) is 3.83. The third-order valence-corrected chi connectivity index (χ3v) is 5.55. The van der Waals surface area contributed by atoms with E-state index in [4.69, 9.17) is 9.15 Å². The summed E-state index contributed by atoms with van der Waals surface area (Å²) in [5.41, 5.74) is 6.15. The number of fused-ring (bicyclic) bond motifs is 1. The summed E-state index contributed by atoms with van der Waals surface area (Å²) in [4.78, 5) is 13.2. The Hall–Kier alpha value is -4.25. The second kappa shape index (κ2) is 9.09. The Morgan fingerprint density at radius 2 is 1.73 bits per heavy atom. The van der Waals surface area contributed by atoms with Gasteiger partial charge < -0.3 is 19.0 Å². The van der Waals surface area contributed by atoms with Gasteiger partial charge in [-0.15, -0.1) is 0 Å². The van der Waals surface area contributed by atoms with Crippen LogP contribution in [0, 0.1) is 6.92 Å². The topological polar surface area (TPSA) is 56.4 Å². The van der Waals surface area contributed by atoms with Crippen molar-refractivity contribution < 1.29 is 13.9 Å². The zero-order valence-electron chi connectivity index (χ0n) is 18.3. The summed E-state index contributed by atoms with van der Waals surface area (Å²) in [7, 11) is 0. The Morgan fingerprint density at radius 3 is 2.55 bits per heavy atom. The number of hydrogen-bond acceptors (Lipinski definition) is 3. The van der Waals surface area contributed by atoms with E-state index in [9.17, 15) is 4.79 Å². The van der Waals surface area contributed by atoms with Crippen LogP contribution in [0.5, 0.6) is 5.75 Å². The molecule has 1 N–H and O–H groups in total. The summed E-state index contributed by atoms with van der Waals surface area (Å²) >= 11 is 0. The number of hydrogen-bond donors (Lipinski definition) is 1. The second-order valence-electron chi connectivity index (χ2n) is 8.03. The molecule has 2 aromatic heterocycles. The lowest BCUT2D eigenvalue weighted by Gasteiger charge is -2.12. The van der Waals surface area contributed by atoms with E-state index in [1.807, 2.05) is 65.2 Å². The number of carbonyl (C=O) groups is 1. The number of rotatable bonds is 7. The highest BCUT2D eigenvalue weighted by molar-refractivity contribution is 6.05. The Labute approximate surface area is 192 Å². The molecule has 3 aromatic carbocycles. The Balaban J connectivity index is 1.35. The van der Waals surface area contributed by atoms with Crippen LogP contribution in [0.25, 0.3) is 11.1 Å². The Morgan fingerprint density at radius 1 is 0.909 bits per heavy atom. The van der Waals surface area contributed by atoms with Crippen molar-refractivity contribution in [1.29, 1.82) is 0 Å². The van der Waals surface area contributed by atoms with Crippen molar-refractivity contribution in [2.75, 3.05) is 5.32 Å². The predicted octanol–water partition coefficient (Wildman–Crippen LogP) is 6.42. The van der Waals surface area contributed by atoms with Crippen LogP contribution < -0.4 is 10.1 Å². The molecule has 2 heterocycles. The van der Waals surface area contributed by atoms with E-state index >= 15 is 0 Å². The summed E-state index contributed by atoms with van der Waals surface area (Å²) in [5.74, 6) is 0.623. The van der Waals surface area contributed by atoms with Crippen LogP contribution in [0.3, 0.4) is 0 Å².